The quantitative estimate of drug-likeness (QED) is 0.733. The summed E-state index contributed by atoms with van der Waals surface area (Å²) in [5.41, 5.74) is 7.05. The van der Waals surface area contributed by atoms with Gasteiger partial charge in [0.15, 0.2) is 5.78 Å². The molecule has 1 aliphatic heterocycles. The van der Waals surface area contributed by atoms with Crippen LogP contribution < -0.4 is 10.5 Å². The Kier molecular flexibility index (Phi) is 4.80. The molecule has 26 heavy (non-hydrogen) atoms. The van der Waals surface area contributed by atoms with E-state index < -0.39 is 5.92 Å². The number of benzene rings is 1. The second kappa shape index (κ2) is 6.64. The van der Waals surface area contributed by atoms with E-state index in [0.29, 0.717) is 45.0 Å². The third-order valence-electron chi connectivity index (χ3n) is 4.63. The first kappa shape index (κ1) is 18.8. The standard InChI is InChI=1S/C19H18BrClN2O3/c1-19(2)6-13(24)16-14(7-19)26-18(23)11(8-22)15(16)10-4-9(21)5-12(20)17(10)25-3/h4-5,15H,6-7,23H2,1-3H3. The number of carbonyl (C=O) groups is 1. The molecule has 1 aromatic carbocycles. The van der Waals surface area contributed by atoms with Gasteiger partial charge in [-0.1, -0.05) is 25.4 Å². The minimum absolute atomic E-state index is 0.0138. The molecule has 1 atom stereocenters. The van der Waals surface area contributed by atoms with Crippen molar-refractivity contribution in [2.75, 3.05) is 7.11 Å². The number of hydrogen-bond acceptors (Lipinski definition) is 5. The molecule has 0 aromatic heterocycles. The van der Waals surface area contributed by atoms with Crippen molar-refractivity contribution in [3.05, 3.63) is 50.0 Å². The monoisotopic (exact) mass is 436 g/mol. The van der Waals surface area contributed by atoms with Crippen LogP contribution in [0.1, 0.15) is 38.2 Å². The lowest BCUT2D eigenvalue weighted by Gasteiger charge is -2.37. The lowest BCUT2D eigenvalue weighted by molar-refractivity contribution is -0.119. The second-order valence-electron chi connectivity index (χ2n) is 7.21. The van der Waals surface area contributed by atoms with Crippen molar-refractivity contribution >= 4 is 33.3 Å². The minimum atomic E-state index is -0.669. The molecule has 0 saturated heterocycles. The van der Waals surface area contributed by atoms with E-state index in [9.17, 15) is 10.1 Å². The average molecular weight is 438 g/mol. The van der Waals surface area contributed by atoms with Gasteiger partial charge in [-0.2, -0.15) is 5.26 Å². The molecule has 7 heteroatoms. The van der Waals surface area contributed by atoms with Crippen molar-refractivity contribution in [3.63, 3.8) is 0 Å². The molecular formula is C19H18BrClN2O3. The highest BCUT2D eigenvalue weighted by molar-refractivity contribution is 9.10. The van der Waals surface area contributed by atoms with Crippen LogP contribution in [0.15, 0.2) is 39.4 Å². The SMILES string of the molecule is COc1c(Br)cc(Cl)cc1C1C(C#N)=C(N)OC2=C1C(=O)CC(C)(C)C2. The average Bonchev–Trinajstić information content (AvgIpc) is 2.51. The maximum absolute atomic E-state index is 13.0. The normalized spacial score (nSPS) is 21.8. The van der Waals surface area contributed by atoms with E-state index >= 15 is 0 Å². The summed E-state index contributed by atoms with van der Waals surface area (Å²) in [6, 6.07) is 5.49. The summed E-state index contributed by atoms with van der Waals surface area (Å²) in [6.07, 6.45) is 0.933. The van der Waals surface area contributed by atoms with Crippen molar-refractivity contribution in [3.8, 4) is 11.8 Å². The predicted octanol–water partition coefficient (Wildman–Crippen LogP) is 4.56. The molecule has 3 rings (SSSR count). The summed E-state index contributed by atoms with van der Waals surface area (Å²) in [7, 11) is 1.52. The van der Waals surface area contributed by atoms with Crippen molar-refractivity contribution in [1.29, 1.82) is 5.26 Å². The summed E-state index contributed by atoms with van der Waals surface area (Å²) < 4.78 is 11.8. The van der Waals surface area contributed by atoms with Crippen LogP contribution in [0.5, 0.6) is 5.75 Å². The van der Waals surface area contributed by atoms with Gasteiger partial charge in [-0.3, -0.25) is 4.79 Å². The highest BCUT2D eigenvalue weighted by atomic mass is 79.9. The van der Waals surface area contributed by atoms with Crippen LogP contribution in [0, 0.1) is 16.7 Å². The van der Waals surface area contributed by atoms with Crippen LogP contribution >= 0.6 is 27.5 Å². The Morgan fingerprint density at radius 2 is 2.12 bits per heavy atom. The molecule has 0 bridgehead atoms. The molecular weight excluding hydrogens is 420 g/mol. The van der Waals surface area contributed by atoms with E-state index in [4.69, 9.17) is 26.8 Å². The smallest absolute Gasteiger partial charge is 0.205 e. The van der Waals surface area contributed by atoms with Gasteiger partial charge >= 0.3 is 0 Å². The molecule has 1 heterocycles. The first-order valence-electron chi connectivity index (χ1n) is 8.05. The van der Waals surface area contributed by atoms with E-state index in [0.717, 1.165) is 0 Å². The molecule has 0 radical (unpaired) electrons. The van der Waals surface area contributed by atoms with Crippen molar-refractivity contribution in [1.82, 2.24) is 0 Å². The first-order chi connectivity index (χ1) is 12.2. The van der Waals surface area contributed by atoms with Gasteiger partial charge in [-0.05, 0) is 33.5 Å². The number of methoxy groups -OCH3 is 1. The number of rotatable bonds is 2. The Balaban J connectivity index is 2.29. The first-order valence-corrected chi connectivity index (χ1v) is 9.22. The van der Waals surface area contributed by atoms with Gasteiger partial charge in [0.25, 0.3) is 0 Å². The van der Waals surface area contributed by atoms with E-state index in [1.54, 1.807) is 12.1 Å². The topological polar surface area (TPSA) is 85.3 Å². The van der Waals surface area contributed by atoms with Gasteiger partial charge in [0.2, 0.25) is 5.88 Å². The molecule has 0 amide bonds. The summed E-state index contributed by atoms with van der Waals surface area (Å²) in [6.45, 7) is 4.01. The predicted molar refractivity (Wildman–Crippen MR) is 101 cm³/mol. The number of ether oxygens (including phenoxy) is 2. The second-order valence-corrected chi connectivity index (χ2v) is 8.50. The zero-order valence-electron chi connectivity index (χ0n) is 14.7. The number of nitrogens with two attached hydrogens (primary N) is 1. The van der Waals surface area contributed by atoms with Gasteiger partial charge in [-0.25, -0.2) is 0 Å². The lowest BCUT2D eigenvalue weighted by atomic mass is 9.70. The number of Topliss-reactive ketones (excluding diaryl/α,β-unsaturated/α-hetero) is 1. The minimum Gasteiger partial charge on any atom is -0.495 e. The van der Waals surface area contributed by atoms with Gasteiger partial charge < -0.3 is 15.2 Å². The third-order valence-corrected chi connectivity index (χ3v) is 5.43. The summed E-state index contributed by atoms with van der Waals surface area (Å²) in [5, 5.41) is 10.1. The van der Waals surface area contributed by atoms with Crippen molar-refractivity contribution < 1.29 is 14.3 Å². The molecule has 0 saturated carbocycles. The Morgan fingerprint density at radius 1 is 1.42 bits per heavy atom. The van der Waals surface area contributed by atoms with Gasteiger partial charge in [-0.15, -0.1) is 0 Å². The van der Waals surface area contributed by atoms with E-state index in [2.05, 4.69) is 22.0 Å². The molecule has 2 aliphatic rings. The van der Waals surface area contributed by atoms with Crippen LogP contribution in [-0.4, -0.2) is 12.9 Å². The summed E-state index contributed by atoms with van der Waals surface area (Å²) in [4.78, 5) is 13.0. The van der Waals surface area contributed by atoms with E-state index in [-0.39, 0.29) is 22.7 Å². The van der Waals surface area contributed by atoms with Gasteiger partial charge in [0, 0.05) is 29.0 Å². The maximum atomic E-state index is 13.0. The largest absolute Gasteiger partial charge is 0.495 e. The molecule has 0 spiro atoms. The van der Waals surface area contributed by atoms with E-state index in [1.807, 2.05) is 13.8 Å². The number of nitriles is 1. The molecule has 1 unspecified atom stereocenters. The third kappa shape index (κ3) is 3.10. The van der Waals surface area contributed by atoms with Gasteiger partial charge in [0.1, 0.15) is 23.2 Å². The van der Waals surface area contributed by atoms with Crippen LogP contribution in [0.4, 0.5) is 0 Å². The Morgan fingerprint density at radius 3 is 2.73 bits per heavy atom. The van der Waals surface area contributed by atoms with Crippen molar-refractivity contribution in [2.45, 2.75) is 32.6 Å². The number of halogens is 2. The fraction of sp³-hybridized carbons (Fsp3) is 0.368. The fourth-order valence-electron chi connectivity index (χ4n) is 3.61. The molecule has 5 nitrogen and oxygen atoms in total. The molecule has 136 valence electrons. The molecule has 0 fully saturated rings. The fourth-order valence-corrected chi connectivity index (χ4v) is 4.60. The lowest BCUT2D eigenvalue weighted by Crippen LogP contribution is -2.33. The zero-order chi connectivity index (χ0) is 19.2. The van der Waals surface area contributed by atoms with Crippen LogP contribution in [-0.2, 0) is 9.53 Å². The zero-order valence-corrected chi connectivity index (χ0v) is 17.0. The number of allylic oxidation sites excluding steroid dienone is 3. The number of ketones is 1. The molecule has 1 aliphatic carbocycles. The van der Waals surface area contributed by atoms with Crippen LogP contribution in [0.2, 0.25) is 5.02 Å². The number of nitrogens with zero attached hydrogens (tertiary/aromatic N) is 1. The Bertz CT molecular complexity index is 912. The summed E-state index contributed by atoms with van der Waals surface area (Å²) in [5.74, 6) is 0.314. The van der Waals surface area contributed by atoms with Crippen molar-refractivity contribution in [2.24, 2.45) is 11.1 Å². The Labute approximate surface area is 165 Å². The summed E-state index contributed by atoms with van der Waals surface area (Å²) >= 11 is 9.67. The maximum Gasteiger partial charge on any atom is 0.205 e. The Hall–Kier alpha value is -1.97. The highest BCUT2D eigenvalue weighted by Gasteiger charge is 2.44. The molecule has 2 N–H and O–H groups in total. The van der Waals surface area contributed by atoms with Gasteiger partial charge in [0.05, 0.1) is 17.5 Å². The van der Waals surface area contributed by atoms with Crippen LogP contribution in [0.3, 0.4) is 0 Å². The number of hydrogen-bond donors (Lipinski definition) is 1. The molecule has 1 aromatic rings. The van der Waals surface area contributed by atoms with Crippen LogP contribution in [0.25, 0.3) is 0 Å². The van der Waals surface area contributed by atoms with E-state index in [1.165, 1.54) is 7.11 Å². The highest BCUT2D eigenvalue weighted by Crippen LogP contribution is 2.50. The number of carbonyl (C=O) groups excluding carboxylic acids is 1.